The number of unbranched alkanes of at least 4 members (excludes halogenated alkanes) is 17. The van der Waals surface area contributed by atoms with Crippen molar-refractivity contribution in [1.29, 1.82) is 0 Å². The third-order valence-electron chi connectivity index (χ3n) is 10.1. The van der Waals surface area contributed by atoms with Gasteiger partial charge in [0.05, 0.1) is 25.4 Å². The lowest BCUT2D eigenvalue weighted by Gasteiger charge is -2.20. The van der Waals surface area contributed by atoms with Gasteiger partial charge in [-0.15, -0.1) is 0 Å². The molecule has 61 heavy (non-hydrogen) atoms. The van der Waals surface area contributed by atoms with E-state index < -0.39 is 44.7 Å². The van der Waals surface area contributed by atoms with E-state index in [1.165, 1.54) is 96.3 Å². The van der Waals surface area contributed by atoms with Crippen LogP contribution in [0.1, 0.15) is 194 Å². The number of esters is 2. The number of ether oxygens (including phenoxy) is 2. The SMILES string of the molecule is CC/C=C\C/C=C\C/C=C\C/C=C\C[C@@H](O)[C@H](O)CCCC(=O)O[C@H](COC(=O)CCCCCCCCCCCCC/C=C\CCCCCCCC)COP(=O)(O)OCCN. The number of nitrogens with two attached hydrogens (primary N) is 1. The molecule has 0 heterocycles. The van der Waals surface area contributed by atoms with Crippen molar-refractivity contribution in [3.63, 3.8) is 0 Å². The van der Waals surface area contributed by atoms with E-state index in [-0.39, 0.29) is 51.9 Å². The van der Waals surface area contributed by atoms with Crippen molar-refractivity contribution < 1.29 is 47.8 Å². The Kier molecular flexibility index (Phi) is 42.5. The Balaban J connectivity index is 4.29. The van der Waals surface area contributed by atoms with Crippen molar-refractivity contribution in [2.75, 3.05) is 26.4 Å². The normalized spacial score (nSPS) is 14.8. The highest BCUT2D eigenvalue weighted by atomic mass is 31.2. The van der Waals surface area contributed by atoms with Crippen molar-refractivity contribution in [3.05, 3.63) is 60.8 Å². The molecule has 4 atom stereocenters. The standard InChI is InChI=1S/C49H88NO10P/c1-3-5-7-9-11-13-15-17-18-19-20-21-22-23-24-25-27-29-31-33-35-39-48(53)57-43-45(44-59-61(55,56)58-42-41-50)60-49(54)40-36-38-47(52)46(51)37-34-32-30-28-26-16-14-12-10-8-6-4-2/h6,8,12,14,17-18,26,28,32,34,45-47,51-52H,3-5,7,9-11,13,15-16,19-25,27,29-31,33,35-44,50H2,1-2H3,(H,55,56)/b8-6-,14-12-,18-17-,28-26-,34-32-/t45-,46-,47-/m1/s1. The zero-order valence-corrected chi connectivity index (χ0v) is 39.3. The summed E-state index contributed by atoms with van der Waals surface area (Å²) in [5, 5.41) is 20.7. The maximum atomic E-state index is 12.6. The largest absolute Gasteiger partial charge is 0.472 e. The molecule has 1 unspecified atom stereocenters. The highest BCUT2D eigenvalue weighted by molar-refractivity contribution is 7.47. The zero-order chi connectivity index (χ0) is 44.9. The molecule has 0 aromatic rings. The smallest absolute Gasteiger partial charge is 0.462 e. The molecule has 0 aliphatic heterocycles. The van der Waals surface area contributed by atoms with Crippen molar-refractivity contribution >= 4 is 19.8 Å². The fourth-order valence-electron chi connectivity index (χ4n) is 6.42. The Hall–Kier alpha value is -2.37. The fourth-order valence-corrected chi connectivity index (χ4v) is 7.19. The number of aliphatic hydroxyl groups is 2. The summed E-state index contributed by atoms with van der Waals surface area (Å²) < 4.78 is 32.7. The molecule has 0 fully saturated rings. The van der Waals surface area contributed by atoms with E-state index >= 15 is 0 Å². The van der Waals surface area contributed by atoms with E-state index in [2.05, 4.69) is 56.4 Å². The number of phosphoric ester groups is 1. The number of aliphatic hydroxyl groups excluding tert-OH is 2. The average Bonchev–Trinajstić information content (AvgIpc) is 3.24. The van der Waals surface area contributed by atoms with Crippen LogP contribution in [0.15, 0.2) is 60.8 Å². The Bertz CT molecular complexity index is 1220. The molecular formula is C49H88NO10P. The molecule has 0 aliphatic rings. The summed E-state index contributed by atoms with van der Waals surface area (Å²) >= 11 is 0. The summed E-state index contributed by atoms with van der Waals surface area (Å²) in [5.74, 6) is -1.12. The number of carbonyl (C=O) groups excluding carboxylic acids is 2. The minimum atomic E-state index is -4.46. The fraction of sp³-hybridized carbons (Fsp3) is 0.755. The Morgan fingerprint density at radius 3 is 1.61 bits per heavy atom. The second-order valence-corrected chi connectivity index (χ2v) is 17.4. The molecule has 12 heteroatoms. The van der Waals surface area contributed by atoms with Crippen LogP contribution < -0.4 is 5.73 Å². The summed E-state index contributed by atoms with van der Waals surface area (Å²) in [5.41, 5.74) is 5.34. The lowest BCUT2D eigenvalue weighted by atomic mass is 10.0. The van der Waals surface area contributed by atoms with Crippen LogP contribution in [0.25, 0.3) is 0 Å². The summed E-state index contributed by atoms with van der Waals surface area (Å²) in [6, 6.07) is 0. The van der Waals surface area contributed by atoms with Crippen LogP contribution in [0.4, 0.5) is 0 Å². The molecule has 0 aliphatic carbocycles. The van der Waals surface area contributed by atoms with E-state index in [1.807, 2.05) is 18.2 Å². The van der Waals surface area contributed by atoms with E-state index in [1.54, 1.807) is 0 Å². The molecule has 0 aromatic carbocycles. The highest BCUT2D eigenvalue weighted by Crippen LogP contribution is 2.43. The van der Waals surface area contributed by atoms with E-state index in [0.29, 0.717) is 6.42 Å². The Morgan fingerprint density at radius 2 is 1.07 bits per heavy atom. The summed E-state index contributed by atoms with van der Waals surface area (Å²) in [7, 11) is -4.46. The lowest BCUT2D eigenvalue weighted by molar-refractivity contribution is -0.161. The van der Waals surface area contributed by atoms with Crippen LogP contribution in [0.3, 0.4) is 0 Å². The van der Waals surface area contributed by atoms with E-state index in [4.69, 9.17) is 24.3 Å². The summed E-state index contributed by atoms with van der Waals surface area (Å²) in [6.07, 6.45) is 45.7. The summed E-state index contributed by atoms with van der Waals surface area (Å²) in [6.45, 7) is 3.28. The Labute approximate surface area is 371 Å². The predicted octanol–water partition coefficient (Wildman–Crippen LogP) is 12.0. The predicted molar refractivity (Wildman–Crippen MR) is 250 cm³/mol. The number of hydrogen-bond donors (Lipinski definition) is 4. The number of allylic oxidation sites excluding steroid dienone is 9. The molecule has 5 N–H and O–H groups in total. The topological polar surface area (TPSA) is 175 Å². The minimum absolute atomic E-state index is 0.00574. The molecule has 0 spiro atoms. The van der Waals surface area contributed by atoms with Crippen molar-refractivity contribution in [1.82, 2.24) is 0 Å². The maximum absolute atomic E-state index is 12.6. The van der Waals surface area contributed by atoms with Gasteiger partial charge in [-0.2, -0.15) is 0 Å². The third-order valence-corrected chi connectivity index (χ3v) is 11.1. The second kappa shape index (κ2) is 44.2. The number of rotatable bonds is 44. The van der Waals surface area contributed by atoms with Crippen LogP contribution >= 0.6 is 7.82 Å². The van der Waals surface area contributed by atoms with Crippen LogP contribution in [0.2, 0.25) is 0 Å². The van der Waals surface area contributed by atoms with Gasteiger partial charge < -0.3 is 30.3 Å². The molecule has 0 saturated heterocycles. The second-order valence-electron chi connectivity index (χ2n) is 15.9. The van der Waals surface area contributed by atoms with Gasteiger partial charge in [-0.3, -0.25) is 18.6 Å². The number of carbonyl (C=O) groups is 2. The van der Waals surface area contributed by atoms with Crippen LogP contribution in [-0.2, 0) is 32.7 Å². The van der Waals surface area contributed by atoms with Crippen molar-refractivity contribution in [3.8, 4) is 0 Å². The molecular weight excluding hydrogens is 794 g/mol. The van der Waals surface area contributed by atoms with Gasteiger partial charge in [-0.25, -0.2) is 4.57 Å². The van der Waals surface area contributed by atoms with Crippen molar-refractivity contribution in [2.45, 2.75) is 212 Å². The Morgan fingerprint density at radius 1 is 0.574 bits per heavy atom. The van der Waals surface area contributed by atoms with Gasteiger partial charge in [-0.05, 0) is 77.0 Å². The van der Waals surface area contributed by atoms with Crippen molar-refractivity contribution in [2.24, 2.45) is 5.73 Å². The molecule has 0 radical (unpaired) electrons. The highest BCUT2D eigenvalue weighted by Gasteiger charge is 2.26. The van der Waals surface area contributed by atoms with Crippen LogP contribution in [0, 0.1) is 0 Å². The number of hydrogen-bond acceptors (Lipinski definition) is 10. The molecule has 354 valence electrons. The zero-order valence-electron chi connectivity index (χ0n) is 38.4. The average molecular weight is 882 g/mol. The van der Waals surface area contributed by atoms with Gasteiger partial charge in [-0.1, -0.05) is 164 Å². The molecule has 0 amide bonds. The molecule has 0 aromatic heterocycles. The molecule has 0 saturated carbocycles. The van der Waals surface area contributed by atoms with Gasteiger partial charge in [0.25, 0.3) is 0 Å². The molecule has 0 bridgehead atoms. The first-order valence-electron chi connectivity index (χ1n) is 23.9. The van der Waals surface area contributed by atoms with E-state index in [9.17, 15) is 29.3 Å². The van der Waals surface area contributed by atoms with Gasteiger partial charge in [0.2, 0.25) is 0 Å². The van der Waals surface area contributed by atoms with Gasteiger partial charge in [0, 0.05) is 19.4 Å². The third kappa shape index (κ3) is 42.7. The quantitative estimate of drug-likeness (QED) is 0.0198. The number of phosphoric acid groups is 1. The van der Waals surface area contributed by atoms with Gasteiger partial charge >= 0.3 is 19.8 Å². The molecule has 0 rings (SSSR count). The maximum Gasteiger partial charge on any atom is 0.472 e. The first-order valence-corrected chi connectivity index (χ1v) is 25.4. The van der Waals surface area contributed by atoms with E-state index in [0.717, 1.165) is 44.9 Å². The lowest BCUT2D eigenvalue weighted by Crippen LogP contribution is -2.30. The van der Waals surface area contributed by atoms with Crippen LogP contribution in [0.5, 0.6) is 0 Å². The molecule has 11 nitrogen and oxygen atoms in total. The first-order chi connectivity index (χ1) is 29.6. The van der Waals surface area contributed by atoms with Crippen LogP contribution in [-0.4, -0.2) is 71.7 Å². The van der Waals surface area contributed by atoms with Gasteiger partial charge in [0.15, 0.2) is 6.10 Å². The first kappa shape index (κ1) is 58.6. The minimum Gasteiger partial charge on any atom is -0.462 e. The van der Waals surface area contributed by atoms with Gasteiger partial charge in [0.1, 0.15) is 6.61 Å². The monoisotopic (exact) mass is 882 g/mol. The summed E-state index contributed by atoms with van der Waals surface area (Å²) in [4.78, 5) is 35.0.